The molecule has 0 saturated heterocycles. The minimum absolute atomic E-state index is 0.572. The number of benzene rings is 4. The first-order chi connectivity index (χ1) is 23.6. The highest BCUT2D eigenvalue weighted by Crippen LogP contribution is 2.33. The molecular weight excluding hydrogens is 738 g/mol. The van der Waals surface area contributed by atoms with E-state index in [4.69, 9.17) is 53.7 Å². The second-order valence-electron chi connectivity index (χ2n) is 10.0. The lowest BCUT2D eigenvalue weighted by Gasteiger charge is -2.17. The molecule has 0 spiro atoms. The maximum Gasteiger partial charge on any atom is 0.207 e. The molecule has 4 aromatic carbocycles. The van der Waals surface area contributed by atoms with E-state index >= 15 is 0 Å². The van der Waals surface area contributed by atoms with Gasteiger partial charge in [0.25, 0.3) is 0 Å². The molecule has 0 aromatic heterocycles. The topological polar surface area (TPSA) is 101 Å². The van der Waals surface area contributed by atoms with Crippen LogP contribution in [0.2, 0.25) is 0 Å². The molecule has 0 bridgehead atoms. The van der Waals surface area contributed by atoms with E-state index in [-0.39, 0.29) is 0 Å². The molecule has 4 aromatic rings. The average Bonchev–Trinajstić information content (AvgIpc) is 3.13. The molecule has 0 fully saturated rings. The summed E-state index contributed by atoms with van der Waals surface area (Å²) in [6.07, 6.45) is 5.91. The second-order valence-corrected chi connectivity index (χ2v) is 17.3. The number of carbonyl (C=O) groups excluding carboxylic acids is 1. The Balaban J connectivity index is 1.21. The van der Waals surface area contributed by atoms with E-state index in [1.54, 1.807) is 85.5 Å². The largest absolute Gasteiger partial charge is 0.497 e. The summed E-state index contributed by atoms with van der Waals surface area (Å²) in [5.74, 6) is 2.66. The van der Waals surface area contributed by atoms with Crippen LogP contribution in [0.25, 0.3) is 0 Å². The summed E-state index contributed by atoms with van der Waals surface area (Å²) in [5, 5.41) is 13.3. The van der Waals surface area contributed by atoms with Gasteiger partial charge in [-0.25, -0.2) is 14.3 Å². The first-order valence-electron chi connectivity index (χ1n) is 14.5. The van der Waals surface area contributed by atoms with E-state index in [1.165, 1.54) is 0 Å². The van der Waals surface area contributed by atoms with Crippen molar-refractivity contribution in [2.75, 3.05) is 28.3 Å². The molecule has 0 radical (unpaired) electrons. The van der Waals surface area contributed by atoms with Crippen LogP contribution in [0.1, 0.15) is 27.0 Å². The Hall–Kier alpha value is -3.89. The SMILES string of the molecule is COc1ccc(/C=N/N(C)[PH](=S)Oc2ccc(/C=N/N(C)[PH](=S)Oc3ccc(/C=N/N(C)[PH](=S)Oc4ccc(C=O)cc4)cc3)cc2)cc1. The van der Waals surface area contributed by atoms with Gasteiger partial charge in [0, 0.05) is 26.7 Å². The Morgan fingerprint density at radius 3 is 1.02 bits per heavy atom. The summed E-state index contributed by atoms with van der Waals surface area (Å²) >= 11 is 16.6. The molecule has 0 N–H and O–H groups in total. The molecule has 4 rings (SSSR count). The van der Waals surface area contributed by atoms with Crippen molar-refractivity contribution in [2.24, 2.45) is 15.3 Å². The number of aldehydes is 1. The lowest BCUT2D eigenvalue weighted by atomic mass is 10.2. The zero-order valence-corrected chi connectivity index (χ0v) is 32.4. The van der Waals surface area contributed by atoms with Crippen LogP contribution in [0.5, 0.6) is 23.0 Å². The van der Waals surface area contributed by atoms with Gasteiger partial charge in [-0.15, -0.1) is 0 Å². The molecule has 256 valence electrons. The quantitative estimate of drug-likeness (QED) is 0.0478. The zero-order chi connectivity index (χ0) is 35.2. The van der Waals surface area contributed by atoms with Crippen molar-refractivity contribution in [3.8, 4) is 23.0 Å². The summed E-state index contributed by atoms with van der Waals surface area (Å²) < 4.78 is 27.8. The van der Waals surface area contributed by atoms with Gasteiger partial charge < -0.3 is 18.3 Å². The smallest absolute Gasteiger partial charge is 0.207 e. The molecule has 0 aliphatic rings. The molecule has 0 amide bonds. The van der Waals surface area contributed by atoms with E-state index in [1.807, 2.05) is 72.8 Å². The van der Waals surface area contributed by atoms with Crippen molar-refractivity contribution in [3.05, 3.63) is 119 Å². The molecule has 11 nitrogen and oxygen atoms in total. The standard InChI is InChI=1S/C32H35N6O5P3S3/c1-36(33-21-25-5-13-29(40-4)14-6-25)44(47)41-30-15-7-26(8-16-30)22-34-37(2)45(48)42-31-17-9-27(10-18-31)23-35-38(3)46(49)43-32-19-11-28(24-39)12-20-32/h5-24,44-46H,1-4H3/b33-21+,34-22+,35-23+. The Bertz CT molecular complexity index is 1850. The van der Waals surface area contributed by atoms with Crippen LogP contribution in [0, 0.1) is 0 Å². The van der Waals surface area contributed by atoms with Crippen molar-refractivity contribution in [2.45, 2.75) is 0 Å². The van der Waals surface area contributed by atoms with Crippen LogP contribution in [-0.2, 0) is 35.4 Å². The zero-order valence-electron chi connectivity index (χ0n) is 27.0. The minimum atomic E-state index is -1.86. The fourth-order valence-corrected chi connectivity index (χ4v) is 6.81. The third-order valence-corrected chi connectivity index (χ3v) is 12.7. The van der Waals surface area contributed by atoms with Crippen LogP contribution in [0.4, 0.5) is 0 Å². The normalized spacial score (nSPS) is 13.1. The number of ether oxygens (including phenoxy) is 1. The number of nitrogens with zero attached hydrogens (tertiary/aromatic N) is 6. The maximum atomic E-state index is 10.8. The number of methoxy groups -OCH3 is 1. The van der Waals surface area contributed by atoms with E-state index < -0.39 is 21.2 Å². The van der Waals surface area contributed by atoms with Crippen molar-refractivity contribution in [1.29, 1.82) is 0 Å². The predicted octanol–water partition coefficient (Wildman–Crippen LogP) is 7.06. The first-order valence-corrected chi connectivity index (χ1v) is 22.0. The number of hydrogen-bond acceptors (Lipinski definition) is 11. The van der Waals surface area contributed by atoms with Gasteiger partial charge >= 0.3 is 0 Å². The van der Waals surface area contributed by atoms with Crippen molar-refractivity contribution in [3.63, 3.8) is 0 Å². The monoisotopic (exact) mass is 772 g/mol. The lowest BCUT2D eigenvalue weighted by Crippen LogP contribution is -2.04. The van der Waals surface area contributed by atoms with Gasteiger partial charge in [0.1, 0.15) is 29.3 Å². The van der Waals surface area contributed by atoms with Gasteiger partial charge in [0.05, 0.1) is 25.8 Å². The molecule has 17 heteroatoms. The van der Waals surface area contributed by atoms with Gasteiger partial charge in [-0.1, -0.05) is 0 Å². The minimum Gasteiger partial charge on any atom is -0.497 e. The Labute approximate surface area is 303 Å². The molecule has 0 heterocycles. The Morgan fingerprint density at radius 1 is 0.490 bits per heavy atom. The highest BCUT2D eigenvalue weighted by atomic mass is 32.4. The molecule has 3 unspecified atom stereocenters. The number of hydrazone groups is 3. The summed E-state index contributed by atoms with van der Waals surface area (Å²) in [4.78, 5) is 10.8. The maximum absolute atomic E-state index is 10.8. The highest BCUT2D eigenvalue weighted by molar-refractivity contribution is 8.02. The van der Waals surface area contributed by atoms with Gasteiger partial charge in [0.15, 0.2) is 0 Å². The summed E-state index contributed by atoms with van der Waals surface area (Å²) in [7, 11) is 1.48. The third-order valence-electron chi connectivity index (χ3n) is 6.44. The van der Waals surface area contributed by atoms with Crippen LogP contribution in [0.15, 0.2) is 112 Å². The van der Waals surface area contributed by atoms with E-state index in [2.05, 4.69) is 15.3 Å². The fourth-order valence-electron chi connectivity index (χ4n) is 3.65. The van der Waals surface area contributed by atoms with Gasteiger partial charge in [-0.3, -0.25) is 4.79 Å². The summed E-state index contributed by atoms with van der Waals surface area (Å²) in [6, 6.07) is 29.2. The lowest BCUT2D eigenvalue weighted by molar-refractivity contribution is 0.112. The highest BCUT2D eigenvalue weighted by Gasteiger charge is 2.06. The number of rotatable bonds is 17. The number of carbonyl (C=O) groups is 1. The second kappa shape index (κ2) is 19.3. The van der Waals surface area contributed by atoms with Crippen LogP contribution in [-0.4, -0.2) is 67.5 Å². The average molecular weight is 773 g/mol. The van der Waals surface area contributed by atoms with E-state index in [0.717, 1.165) is 28.7 Å². The van der Waals surface area contributed by atoms with Gasteiger partial charge in [0.2, 0.25) is 21.2 Å². The predicted molar refractivity (Wildman–Crippen MR) is 213 cm³/mol. The Morgan fingerprint density at radius 2 is 0.755 bits per heavy atom. The fraction of sp³-hybridized carbons (Fsp3) is 0.125. The molecular formula is C32H35N6O5P3S3. The summed E-state index contributed by atoms with van der Waals surface area (Å²) in [6.45, 7) is 0. The molecule has 3 atom stereocenters. The number of hydrogen-bond donors (Lipinski definition) is 0. The molecule has 0 aliphatic heterocycles. The van der Waals surface area contributed by atoms with Crippen molar-refractivity contribution in [1.82, 2.24) is 14.3 Å². The van der Waals surface area contributed by atoms with Crippen molar-refractivity contribution >= 4 is 81.6 Å². The molecule has 0 aliphatic carbocycles. The Kier molecular flexibility index (Phi) is 15.0. The first kappa shape index (κ1) is 37.9. The van der Waals surface area contributed by atoms with Gasteiger partial charge in [-0.05, 0) is 149 Å². The molecule has 0 saturated carbocycles. The third kappa shape index (κ3) is 12.5. The van der Waals surface area contributed by atoms with Gasteiger partial charge in [-0.2, -0.15) is 15.3 Å². The van der Waals surface area contributed by atoms with E-state index in [0.29, 0.717) is 22.8 Å². The molecule has 49 heavy (non-hydrogen) atoms. The van der Waals surface area contributed by atoms with Crippen molar-refractivity contribution < 1.29 is 23.1 Å². The van der Waals surface area contributed by atoms with E-state index in [9.17, 15) is 4.79 Å². The van der Waals surface area contributed by atoms with Crippen LogP contribution in [0.3, 0.4) is 0 Å². The van der Waals surface area contributed by atoms with Crippen LogP contribution < -0.4 is 18.3 Å². The summed E-state index contributed by atoms with van der Waals surface area (Å²) in [5.41, 5.74) is 3.22. The van der Waals surface area contributed by atoms with Crippen LogP contribution >= 0.6 is 21.2 Å².